The third-order valence-corrected chi connectivity index (χ3v) is 3.85. The van der Waals surface area contributed by atoms with E-state index in [1.807, 2.05) is 4.90 Å². The number of hydrogen-bond donors (Lipinski definition) is 1. The van der Waals surface area contributed by atoms with Gasteiger partial charge in [-0.2, -0.15) is 13.2 Å². The minimum absolute atomic E-state index is 0. The van der Waals surface area contributed by atoms with Gasteiger partial charge >= 0.3 is 6.18 Å². The van der Waals surface area contributed by atoms with Crippen molar-refractivity contribution in [3.05, 3.63) is 34.1 Å². The molecule has 0 bridgehead atoms. The van der Waals surface area contributed by atoms with Crippen LogP contribution in [0.15, 0.2) is 12.1 Å². The average Bonchev–Trinajstić information content (AvgIpc) is 2.40. The molecule has 1 heterocycles. The second-order valence-corrected chi connectivity index (χ2v) is 5.19. The molecule has 2 nitrogen and oxygen atoms in total. The van der Waals surface area contributed by atoms with Crippen molar-refractivity contribution >= 4 is 24.0 Å². The number of benzene rings is 1. The summed E-state index contributed by atoms with van der Waals surface area (Å²) in [5.41, 5.74) is -1.32. The second-order valence-electron chi connectivity index (χ2n) is 4.78. The van der Waals surface area contributed by atoms with Crippen molar-refractivity contribution in [3.8, 4) is 0 Å². The van der Waals surface area contributed by atoms with E-state index in [4.69, 9.17) is 11.6 Å². The highest BCUT2D eigenvalue weighted by Crippen LogP contribution is 2.39. The summed E-state index contributed by atoms with van der Waals surface area (Å²) in [6, 6.07) is 1.13. The minimum Gasteiger partial charge on any atom is -0.314 e. The van der Waals surface area contributed by atoms with Gasteiger partial charge in [-0.15, -0.1) is 12.4 Å². The molecular formula is C13H16Cl2F4N2. The monoisotopic (exact) mass is 346 g/mol. The molecule has 1 aliphatic rings. The van der Waals surface area contributed by atoms with E-state index in [-0.39, 0.29) is 23.0 Å². The molecule has 0 saturated carbocycles. The van der Waals surface area contributed by atoms with Crippen LogP contribution in [0.3, 0.4) is 0 Å². The van der Waals surface area contributed by atoms with Crippen LogP contribution in [0.2, 0.25) is 5.02 Å². The minimum atomic E-state index is -4.59. The molecule has 0 amide bonds. The number of halogens is 6. The maximum atomic E-state index is 14.1. The van der Waals surface area contributed by atoms with Gasteiger partial charge in [-0.3, -0.25) is 4.90 Å². The number of nitrogens with zero attached hydrogens (tertiary/aromatic N) is 1. The number of nitrogens with one attached hydrogen (secondary N) is 1. The van der Waals surface area contributed by atoms with E-state index in [0.29, 0.717) is 26.2 Å². The molecule has 1 saturated heterocycles. The largest absolute Gasteiger partial charge is 0.416 e. The summed E-state index contributed by atoms with van der Waals surface area (Å²) < 4.78 is 53.3. The molecular weight excluding hydrogens is 331 g/mol. The zero-order valence-corrected chi connectivity index (χ0v) is 12.9. The fourth-order valence-electron chi connectivity index (χ4n) is 2.47. The average molecular weight is 347 g/mol. The highest BCUT2D eigenvalue weighted by atomic mass is 35.5. The molecule has 1 aromatic rings. The third-order valence-electron chi connectivity index (χ3n) is 3.56. The Morgan fingerprint density at radius 2 is 1.81 bits per heavy atom. The van der Waals surface area contributed by atoms with Crippen LogP contribution in [0.25, 0.3) is 0 Å². The van der Waals surface area contributed by atoms with Crippen LogP contribution < -0.4 is 5.32 Å². The first-order valence-corrected chi connectivity index (χ1v) is 6.70. The van der Waals surface area contributed by atoms with E-state index in [9.17, 15) is 17.6 Å². The molecule has 0 unspecified atom stereocenters. The summed E-state index contributed by atoms with van der Waals surface area (Å²) in [6.07, 6.45) is -4.59. The second kappa shape index (κ2) is 7.13. The van der Waals surface area contributed by atoms with Gasteiger partial charge in [-0.25, -0.2) is 4.39 Å². The number of alkyl halides is 3. The summed E-state index contributed by atoms with van der Waals surface area (Å²) in [6.45, 7) is 4.08. The smallest absolute Gasteiger partial charge is 0.314 e. The van der Waals surface area contributed by atoms with E-state index >= 15 is 0 Å². The Balaban J connectivity index is 0.00000220. The summed E-state index contributed by atoms with van der Waals surface area (Å²) in [4.78, 5) is 1.82. The van der Waals surface area contributed by atoms with E-state index < -0.39 is 23.6 Å². The lowest BCUT2D eigenvalue weighted by atomic mass is 9.98. The molecule has 1 aliphatic heterocycles. The van der Waals surface area contributed by atoms with Crippen molar-refractivity contribution in [2.75, 3.05) is 26.2 Å². The zero-order chi connectivity index (χ0) is 14.9. The van der Waals surface area contributed by atoms with Crippen molar-refractivity contribution in [2.45, 2.75) is 19.1 Å². The maximum absolute atomic E-state index is 14.1. The highest BCUT2D eigenvalue weighted by Gasteiger charge is 2.38. The Morgan fingerprint density at radius 1 is 1.24 bits per heavy atom. The molecule has 0 aromatic heterocycles. The Morgan fingerprint density at radius 3 is 2.33 bits per heavy atom. The standard InChI is InChI=1S/C13H15ClF4N2.ClH/c1-8(20-6-4-19-5-7-20)11-9(13(16,17)18)2-3-10(14)12(11)15;/h2-3,8,19H,4-7H2,1H3;1H/t8-;/m0./s1. The van der Waals surface area contributed by atoms with Gasteiger partial charge in [0.25, 0.3) is 0 Å². The fourth-order valence-corrected chi connectivity index (χ4v) is 2.64. The lowest BCUT2D eigenvalue weighted by Crippen LogP contribution is -2.45. The van der Waals surface area contributed by atoms with Crippen molar-refractivity contribution in [2.24, 2.45) is 0 Å². The Labute approximate surface area is 131 Å². The number of piperazine rings is 1. The van der Waals surface area contributed by atoms with Crippen LogP contribution in [0, 0.1) is 5.82 Å². The normalized spacial score (nSPS) is 18.2. The first kappa shape index (κ1) is 18.5. The van der Waals surface area contributed by atoms with Gasteiger partial charge < -0.3 is 5.32 Å². The van der Waals surface area contributed by atoms with Crippen LogP contribution >= 0.6 is 24.0 Å². The van der Waals surface area contributed by atoms with Crippen molar-refractivity contribution in [1.82, 2.24) is 10.2 Å². The van der Waals surface area contributed by atoms with Gasteiger partial charge in [-0.05, 0) is 19.1 Å². The maximum Gasteiger partial charge on any atom is 0.416 e. The molecule has 120 valence electrons. The molecule has 0 spiro atoms. The molecule has 21 heavy (non-hydrogen) atoms. The van der Waals surface area contributed by atoms with Gasteiger partial charge in [0.1, 0.15) is 5.82 Å². The lowest BCUT2D eigenvalue weighted by Gasteiger charge is -2.34. The first-order valence-electron chi connectivity index (χ1n) is 6.32. The predicted molar refractivity (Wildman–Crippen MR) is 76.5 cm³/mol. The van der Waals surface area contributed by atoms with Gasteiger partial charge in [0.15, 0.2) is 0 Å². The van der Waals surface area contributed by atoms with Gasteiger partial charge in [-0.1, -0.05) is 11.6 Å². The van der Waals surface area contributed by atoms with Crippen molar-refractivity contribution < 1.29 is 17.6 Å². The predicted octanol–water partition coefficient (Wildman–Crippen LogP) is 3.89. The van der Waals surface area contributed by atoms with E-state index in [1.54, 1.807) is 6.92 Å². The Hall–Kier alpha value is -0.560. The van der Waals surface area contributed by atoms with E-state index in [0.717, 1.165) is 12.1 Å². The summed E-state index contributed by atoms with van der Waals surface area (Å²) >= 11 is 5.65. The van der Waals surface area contributed by atoms with Crippen LogP contribution in [-0.2, 0) is 6.18 Å². The van der Waals surface area contributed by atoms with Crippen LogP contribution in [-0.4, -0.2) is 31.1 Å². The van der Waals surface area contributed by atoms with Crippen molar-refractivity contribution in [3.63, 3.8) is 0 Å². The molecule has 1 N–H and O–H groups in total. The summed E-state index contributed by atoms with van der Waals surface area (Å²) in [5, 5.41) is 2.83. The molecule has 1 fully saturated rings. The molecule has 0 radical (unpaired) electrons. The quantitative estimate of drug-likeness (QED) is 0.817. The van der Waals surface area contributed by atoms with Gasteiger partial charge in [0, 0.05) is 37.8 Å². The molecule has 1 aromatic carbocycles. The molecule has 0 aliphatic carbocycles. The highest BCUT2D eigenvalue weighted by molar-refractivity contribution is 6.30. The molecule has 2 rings (SSSR count). The summed E-state index contributed by atoms with van der Waals surface area (Å²) in [5.74, 6) is -0.979. The Bertz CT molecular complexity index is 488. The van der Waals surface area contributed by atoms with Crippen molar-refractivity contribution in [1.29, 1.82) is 0 Å². The Kier molecular flexibility index (Phi) is 6.28. The first-order chi connectivity index (χ1) is 9.32. The third kappa shape index (κ3) is 4.00. The van der Waals surface area contributed by atoms with E-state index in [2.05, 4.69) is 5.32 Å². The zero-order valence-electron chi connectivity index (χ0n) is 11.3. The van der Waals surface area contributed by atoms with Crippen LogP contribution in [0.1, 0.15) is 24.1 Å². The van der Waals surface area contributed by atoms with Gasteiger partial charge in [0.2, 0.25) is 0 Å². The van der Waals surface area contributed by atoms with Crippen LogP contribution in [0.5, 0.6) is 0 Å². The van der Waals surface area contributed by atoms with Crippen LogP contribution in [0.4, 0.5) is 17.6 Å². The van der Waals surface area contributed by atoms with E-state index in [1.165, 1.54) is 0 Å². The van der Waals surface area contributed by atoms with Gasteiger partial charge in [0.05, 0.1) is 10.6 Å². The number of rotatable bonds is 2. The summed E-state index contributed by atoms with van der Waals surface area (Å²) in [7, 11) is 0. The molecule has 1 atom stereocenters. The lowest BCUT2D eigenvalue weighted by molar-refractivity contribution is -0.139. The SMILES string of the molecule is C[C@@H](c1c(C(F)(F)F)ccc(Cl)c1F)N1CCNCC1.Cl. The topological polar surface area (TPSA) is 15.3 Å². The number of hydrogen-bond acceptors (Lipinski definition) is 2. The molecule has 8 heteroatoms. The fraction of sp³-hybridized carbons (Fsp3) is 0.538.